The zero-order chi connectivity index (χ0) is 15.3. The summed E-state index contributed by atoms with van der Waals surface area (Å²) in [4.78, 5) is 23.1. The molecular weight excluding hydrogens is 274 g/mol. The van der Waals surface area contributed by atoms with Crippen molar-refractivity contribution in [3.63, 3.8) is 0 Å². The third kappa shape index (κ3) is 1.59. The predicted octanol–water partition coefficient (Wildman–Crippen LogP) is 2.12. The number of hydrogen-bond donors (Lipinski definition) is 3. The first kappa shape index (κ1) is 13.0. The van der Waals surface area contributed by atoms with Gasteiger partial charge in [0.15, 0.2) is 0 Å². The molecule has 0 aromatic heterocycles. The first-order valence-electron chi connectivity index (χ1n) is 6.28. The van der Waals surface area contributed by atoms with E-state index in [-0.39, 0.29) is 22.3 Å². The van der Waals surface area contributed by atoms with E-state index in [1.807, 2.05) is 6.07 Å². The van der Waals surface area contributed by atoms with Crippen LogP contribution >= 0.6 is 0 Å². The Morgan fingerprint density at radius 2 is 1.81 bits per heavy atom. The molecule has 1 aliphatic carbocycles. The van der Waals surface area contributed by atoms with E-state index in [1.54, 1.807) is 0 Å². The molecule has 0 fully saturated rings. The van der Waals surface area contributed by atoms with Gasteiger partial charge in [0.2, 0.25) is 6.20 Å². The molecule has 3 N–H and O–H groups in total. The lowest BCUT2D eigenvalue weighted by Gasteiger charge is -2.11. The summed E-state index contributed by atoms with van der Waals surface area (Å²) in [5, 5.41) is 28.0. The van der Waals surface area contributed by atoms with Crippen LogP contribution in [0.5, 0.6) is 0 Å². The van der Waals surface area contributed by atoms with Gasteiger partial charge in [-0.2, -0.15) is 5.26 Å². The minimum absolute atomic E-state index is 0.00889. The maximum absolute atomic E-state index is 11.6. The Morgan fingerprint density at radius 1 is 1.19 bits per heavy atom. The van der Waals surface area contributed by atoms with Crippen LogP contribution in [0.3, 0.4) is 0 Å². The molecule has 2 aliphatic rings. The number of allylic oxidation sites excluding steroid dienone is 1. The third-order valence-electron chi connectivity index (χ3n) is 3.86. The third-order valence-corrected chi connectivity index (χ3v) is 3.86. The van der Waals surface area contributed by atoms with Gasteiger partial charge in [-0.05, 0) is 30.4 Å². The second-order valence-corrected chi connectivity index (χ2v) is 4.92. The minimum Gasteiger partial charge on any atom is -0.478 e. The molecule has 1 aromatic rings. The number of nitriles is 1. The number of aromatic carboxylic acids is 2. The number of carbonyl (C=O) groups is 2. The molecular formula is C14H10N3O4+. The van der Waals surface area contributed by atoms with E-state index in [0.717, 1.165) is 4.70 Å². The lowest BCUT2D eigenvalue weighted by atomic mass is 9.89. The largest absolute Gasteiger partial charge is 0.478 e. The summed E-state index contributed by atoms with van der Waals surface area (Å²) >= 11 is 0. The van der Waals surface area contributed by atoms with Crippen LogP contribution in [-0.2, 0) is 12.8 Å². The lowest BCUT2D eigenvalue weighted by Crippen LogP contribution is -2.15. The zero-order valence-corrected chi connectivity index (χ0v) is 10.8. The molecule has 21 heavy (non-hydrogen) atoms. The lowest BCUT2D eigenvalue weighted by molar-refractivity contribution is -0.461. The van der Waals surface area contributed by atoms with Crippen LogP contribution in [0.25, 0.3) is 5.57 Å². The van der Waals surface area contributed by atoms with E-state index < -0.39 is 11.9 Å². The van der Waals surface area contributed by atoms with Crippen LogP contribution < -0.4 is 0 Å². The van der Waals surface area contributed by atoms with Crippen molar-refractivity contribution in [2.24, 2.45) is 0 Å². The van der Waals surface area contributed by atoms with E-state index >= 15 is 0 Å². The molecule has 0 radical (unpaired) electrons. The van der Waals surface area contributed by atoms with E-state index in [0.29, 0.717) is 36.1 Å². The average molecular weight is 284 g/mol. The molecule has 7 heteroatoms. The van der Waals surface area contributed by atoms with Gasteiger partial charge in [0.1, 0.15) is 11.6 Å². The summed E-state index contributed by atoms with van der Waals surface area (Å²) in [5.74, 6) is -2.70. The van der Waals surface area contributed by atoms with Crippen LogP contribution in [0.15, 0.2) is 6.20 Å². The molecule has 0 unspecified atom stereocenters. The number of nitrogens with zero attached hydrogens (tertiary/aromatic N) is 2. The Morgan fingerprint density at radius 3 is 2.38 bits per heavy atom. The number of carboxylic acids is 2. The Bertz CT molecular complexity index is 815. The molecule has 1 aromatic carbocycles. The minimum atomic E-state index is -1.39. The smallest absolute Gasteiger partial charge is 0.337 e. The van der Waals surface area contributed by atoms with Crippen LogP contribution in [0.2, 0.25) is 0 Å². The molecule has 0 saturated heterocycles. The van der Waals surface area contributed by atoms with Crippen molar-refractivity contribution in [2.45, 2.75) is 19.3 Å². The van der Waals surface area contributed by atoms with Crippen molar-refractivity contribution in [1.82, 2.24) is 0 Å². The summed E-state index contributed by atoms with van der Waals surface area (Å²) in [6.07, 6.45) is 2.99. The molecule has 0 saturated carbocycles. The van der Waals surface area contributed by atoms with Gasteiger partial charge in [-0.1, -0.05) is 4.70 Å². The average Bonchev–Trinajstić information content (AvgIpc) is 3.00. The first-order valence-corrected chi connectivity index (χ1v) is 6.28. The number of rotatable bonds is 2. The molecule has 0 amide bonds. The van der Waals surface area contributed by atoms with E-state index in [1.165, 1.54) is 6.20 Å². The molecule has 0 atom stereocenters. The van der Waals surface area contributed by atoms with Gasteiger partial charge < -0.3 is 10.2 Å². The fraction of sp³-hybridized carbons (Fsp3) is 0.214. The molecule has 1 heterocycles. The molecule has 0 bridgehead atoms. The summed E-state index contributed by atoms with van der Waals surface area (Å²) < 4.78 is 0.968. The van der Waals surface area contributed by atoms with Crippen molar-refractivity contribution in [2.75, 3.05) is 0 Å². The quantitative estimate of drug-likeness (QED) is 0.717. The van der Waals surface area contributed by atoms with Gasteiger partial charge in [0, 0.05) is 5.56 Å². The monoisotopic (exact) mass is 284 g/mol. The number of carboxylic acid groups (broad SMARTS) is 2. The van der Waals surface area contributed by atoms with Gasteiger partial charge in [-0.15, -0.1) is 0 Å². The van der Waals surface area contributed by atoms with Crippen molar-refractivity contribution in [3.05, 3.63) is 34.0 Å². The van der Waals surface area contributed by atoms with Crippen molar-refractivity contribution >= 4 is 23.2 Å². The SMILES string of the molecule is N#CC1=C[N+](=N)c2c3c(c(C(=O)O)c(C(=O)O)c21)CCC3. The topological polar surface area (TPSA) is 125 Å². The Labute approximate surface area is 118 Å². The maximum atomic E-state index is 11.6. The van der Waals surface area contributed by atoms with E-state index in [2.05, 4.69) is 0 Å². The highest BCUT2D eigenvalue weighted by molar-refractivity contribution is 6.10. The number of benzene rings is 1. The molecule has 104 valence electrons. The Hall–Kier alpha value is -3.01. The van der Waals surface area contributed by atoms with Crippen LogP contribution in [0.4, 0.5) is 5.69 Å². The van der Waals surface area contributed by atoms with Gasteiger partial charge >= 0.3 is 11.9 Å². The predicted molar refractivity (Wildman–Crippen MR) is 68.6 cm³/mol. The molecule has 1 aliphatic heterocycles. The van der Waals surface area contributed by atoms with Crippen LogP contribution in [0.1, 0.15) is 43.8 Å². The first-order chi connectivity index (χ1) is 9.97. The van der Waals surface area contributed by atoms with Crippen molar-refractivity contribution in [3.8, 4) is 6.07 Å². The highest BCUT2D eigenvalue weighted by atomic mass is 16.4. The summed E-state index contributed by atoms with van der Waals surface area (Å²) in [6.45, 7) is 0. The van der Waals surface area contributed by atoms with Crippen LogP contribution in [0, 0.1) is 16.9 Å². The number of hydrogen-bond acceptors (Lipinski definition) is 4. The van der Waals surface area contributed by atoms with Gasteiger partial charge in [0.25, 0.3) is 5.69 Å². The molecule has 7 nitrogen and oxygen atoms in total. The molecule has 3 rings (SSSR count). The fourth-order valence-corrected chi connectivity index (χ4v) is 3.15. The molecule has 0 spiro atoms. The van der Waals surface area contributed by atoms with E-state index in [9.17, 15) is 19.8 Å². The van der Waals surface area contributed by atoms with E-state index in [4.69, 9.17) is 10.8 Å². The highest BCUT2D eigenvalue weighted by Crippen LogP contribution is 2.45. The normalized spacial score (nSPS) is 15.2. The van der Waals surface area contributed by atoms with Gasteiger partial charge in [0.05, 0.1) is 16.7 Å². The second-order valence-electron chi connectivity index (χ2n) is 4.92. The maximum Gasteiger partial charge on any atom is 0.337 e. The highest BCUT2D eigenvalue weighted by Gasteiger charge is 2.42. The van der Waals surface area contributed by atoms with Crippen molar-refractivity contribution < 1.29 is 24.5 Å². The van der Waals surface area contributed by atoms with Crippen LogP contribution in [-0.4, -0.2) is 26.8 Å². The Balaban J connectivity index is 2.53. The van der Waals surface area contributed by atoms with Crippen molar-refractivity contribution in [1.29, 1.82) is 10.8 Å². The summed E-state index contributed by atoms with van der Waals surface area (Å²) in [5.41, 5.74) is 8.81. The van der Waals surface area contributed by atoms with Gasteiger partial charge in [-0.3, -0.25) is 0 Å². The zero-order valence-electron chi connectivity index (χ0n) is 10.8. The second kappa shape index (κ2) is 4.24. The van der Waals surface area contributed by atoms with Gasteiger partial charge in [-0.25, -0.2) is 9.59 Å². The Kier molecular flexibility index (Phi) is 2.63. The number of nitrogens with one attached hydrogen (secondary N) is 1. The standard InChI is InChI=1S/C14H9N3O4/c15-4-6-5-17(16)12-8-3-1-2-7(8)10(13(18)19)11(9(6)12)14(20)21/h5,16H,1-3H2,(H-,18,19,20,21)/p+1. The fourth-order valence-electron chi connectivity index (χ4n) is 3.15. The number of fused-ring (bicyclic) bond motifs is 3. The summed E-state index contributed by atoms with van der Waals surface area (Å²) in [6, 6.07) is 1.85. The summed E-state index contributed by atoms with van der Waals surface area (Å²) in [7, 11) is 0.